The average molecular weight is 1120 g/mol. The fourth-order valence-corrected chi connectivity index (χ4v) is 11.7. The number of allylic oxidation sites excluding steroid dienone is 5. The van der Waals surface area contributed by atoms with Crippen LogP contribution in [0.5, 0.6) is 0 Å². The van der Waals surface area contributed by atoms with E-state index in [1.165, 1.54) is 22.3 Å². The molecular weight excluding hydrogens is 1100 g/mol. The molecule has 2 aliphatic rings. The van der Waals surface area contributed by atoms with E-state index in [2.05, 4.69) is 91.4 Å². The van der Waals surface area contributed by atoms with Crippen molar-refractivity contribution in [2.45, 2.75) is 0 Å². The molecule has 7 aromatic carbocycles. The van der Waals surface area contributed by atoms with E-state index in [-0.39, 0.29) is 0 Å². The van der Waals surface area contributed by atoms with Gasteiger partial charge in [-0.25, -0.2) is 105 Å². The quantitative estimate of drug-likeness (QED) is 0.0512. The molecule has 1 aliphatic carbocycles. The van der Waals surface area contributed by atoms with E-state index in [9.17, 15) is 52.7 Å². The summed E-state index contributed by atoms with van der Waals surface area (Å²) in [6.07, 6.45) is 10.5. The summed E-state index contributed by atoms with van der Waals surface area (Å²) in [4.78, 5) is 0. The molecule has 0 N–H and O–H groups in total. The third kappa shape index (κ3) is 7.83. The van der Waals surface area contributed by atoms with Crippen molar-refractivity contribution in [2.75, 3.05) is 0 Å². The normalized spacial score (nSPS) is 14.2. The molecule has 1 heterocycles. The molecule has 27 heteroatoms. The van der Waals surface area contributed by atoms with E-state index < -0.39 is 194 Å². The molecule has 0 radical (unpaired) electrons. The Kier molecular flexibility index (Phi) is 14.2. The number of hydrogen-bond acceptors (Lipinski definition) is 0. The van der Waals surface area contributed by atoms with Gasteiger partial charge < -0.3 is 10.5 Å². The zero-order valence-corrected chi connectivity index (χ0v) is 37.0. The Labute approximate surface area is 412 Å². The molecule has 0 spiro atoms. The van der Waals surface area contributed by atoms with E-state index in [4.69, 9.17) is 0 Å². The van der Waals surface area contributed by atoms with Gasteiger partial charge >= 0.3 is 11.1 Å². The molecule has 0 nitrogen and oxygen atoms in total. The zero-order chi connectivity index (χ0) is 55.9. The summed E-state index contributed by atoms with van der Waals surface area (Å²) in [5.74, 6) is -85.6. The summed E-state index contributed by atoms with van der Waals surface area (Å²) < 4.78 is 367. The smallest absolute Gasteiger partial charge is 0.326 e. The minimum atomic E-state index is -6.85. The minimum Gasteiger partial charge on any atom is -0.367 e. The van der Waals surface area contributed by atoms with E-state index >= 15 is 52.7 Å². The molecule has 0 saturated carbocycles. The van der Waals surface area contributed by atoms with E-state index in [1.54, 1.807) is 0 Å². The lowest BCUT2D eigenvalue weighted by atomic mass is 9.27. The summed E-state index contributed by atoms with van der Waals surface area (Å²) in [6.45, 7) is 0. The van der Waals surface area contributed by atoms with Gasteiger partial charge in [-0.1, -0.05) is 58.2 Å². The number of hydrogen-bond donors (Lipinski definition) is 0. The standard InChI is InChI=1S/C30B2ClF24.C19H15/c34-7-1-2(8(35)18(45)17(7)44)32(5-13(40)23(50)29(56)24(51)14(5)41,6-15(42)25(52)30(57)26(53)16(6)43)33-31(1,3-9(36)19(46)27(54)20(47)10(3)37)4-11(38)21(48)28(55)22(49)12(4)39;1-4-10-16(11-5-1)19(17-12-6-2-7-13-17)18-14-8-3-9-15-18/h;1-15H/q-1;+1. The van der Waals surface area contributed by atoms with Crippen LogP contribution in [-0.4, -0.2) is 11.1 Å². The van der Waals surface area contributed by atoms with Gasteiger partial charge in [-0.05, 0) is 24.3 Å². The Hall–Kier alpha value is -7.63. The molecule has 76 heavy (non-hydrogen) atoms. The Morgan fingerprint density at radius 2 is 0.500 bits per heavy atom. The minimum absolute atomic E-state index is 1.23. The van der Waals surface area contributed by atoms with E-state index in [1.807, 2.05) is 0 Å². The largest absolute Gasteiger partial charge is 0.367 e. The first-order chi connectivity index (χ1) is 35.7. The highest BCUT2D eigenvalue weighted by molar-refractivity contribution is 7.22. The van der Waals surface area contributed by atoms with Gasteiger partial charge in [0.05, 0.1) is 5.57 Å². The van der Waals surface area contributed by atoms with Crippen molar-refractivity contribution in [1.29, 1.82) is 0 Å². The summed E-state index contributed by atoms with van der Waals surface area (Å²) >= 11 is 0. The molecule has 0 fully saturated rings. The maximum atomic E-state index is 16.3. The maximum Gasteiger partial charge on any atom is 0.326 e. The molecule has 0 bridgehead atoms. The average Bonchev–Trinajstić information content (AvgIpc) is 3.84. The lowest BCUT2D eigenvalue weighted by Crippen LogP contribution is -2.75. The highest BCUT2D eigenvalue weighted by atomic mass is 35.5. The monoisotopic (exact) mass is 1120 g/mol. The van der Waals surface area contributed by atoms with Gasteiger partial charge in [-0.15, -0.1) is 10.9 Å². The fraction of sp³-hybridized carbons (Fsp3) is 0. The van der Waals surface area contributed by atoms with Crippen LogP contribution in [0.2, 0.25) is 0 Å². The van der Waals surface area contributed by atoms with Crippen molar-refractivity contribution in [3.05, 3.63) is 248 Å². The van der Waals surface area contributed by atoms with Gasteiger partial charge in [0, 0.05) is 41.9 Å². The molecular formula is C49H15B2ClF24. The van der Waals surface area contributed by atoms with Crippen LogP contribution >= 0.6 is 0 Å². The number of benzene rings is 7. The summed E-state index contributed by atoms with van der Waals surface area (Å²) in [6, 6.07) is 21.1. The van der Waals surface area contributed by atoms with Crippen LogP contribution in [0.1, 0.15) is 11.1 Å². The topological polar surface area (TPSA) is 0 Å². The number of rotatable bonds is 6. The van der Waals surface area contributed by atoms with Crippen molar-refractivity contribution in [3.8, 4) is 0 Å². The van der Waals surface area contributed by atoms with Crippen molar-refractivity contribution >= 4 is 49.5 Å². The Balaban J connectivity index is 0.000000335. The Morgan fingerprint density at radius 1 is 0.276 bits per heavy atom. The first-order valence-corrected chi connectivity index (χ1v) is 21.6. The molecule has 0 unspecified atom stereocenters. The van der Waals surface area contributed by atoms with Crippen LogP contribution in [0.25, 0.3) is 5.57 Å². The zero-order valence-electron chi connectivity index (χ0n) is 36.3. The Bertz CT molecular complexity index is 3240. The highest BCUT2D eigenvalue weighted by Gasteiger charge is 2.68. The lowest BCUT2D eigenvalue weighted by Gasteiger charge is -2.38. The molecule has 7 aromatic rings. The van der Waals surface area contributed by atoms with Crippen LogP contribution in [-0.2, 0) is 0 Å². The molecule has 392 valence electrons. The van der Waals surface area contributed by atoms with Crippen LogP contribution in [0.3, 0.4) is 0 Å². The molecule has 0 saturated heterocycles. The second-order valence-electron chi connectivity index (χ2n) is 16.1. The van der Waals surface area contributed by atoms with Gasteiger partial charge in [0.25, 0.3) is 0 Å². The summed E-state index contributed by atoms with van der Waals surface area (Å²) in [7, 11) is -1.23. The highest BCUT2D eigenvalue weighted by Crippen LogP contribution is 2.37. The van der Waals surface area contributed by atoms with E-state index in [0.717, 1.165) is 0 Å². The maximum absolute atomic E-state index is 16.3. The van der Waals surface area contributed by atoms with Crippen molar-refractivity contribution < 1.29 is 116 Å². The third-order valence-corrected chi connectivity index (χ3v) is 14.3. The second kappa shape index (κ2) is 19.8. The molecule has 0 aromatic heterocycles. The van der Waals surface area contributed by atoms with Crippen molar-refractivity contribution in [3.63, 3.8) is 0 Å². The fourth-order valence-electron chi connectivity index (χ4n) is 9.17. The second-order valence-corrected chi connectivity index (χ2v) is 17.7. The van der Waals surface area contributed by atoms with Gasteiger partial charge in [0.2, 0.25) is 0 Å². The van der Waals surface area contributed by atoms with Crippen molar-refractivity contribution in [2.24, 2.45) is 0 Å². The van der Waals surface area contributed by atoms with Gasteiger partial charge in [0.1, 0.15) is 63.7 Å². The summed E-state index contributed by atoms with van der Waals surface area (Å²) in [5, 5.41) is 0. The lowest BCUT2D eigenvalue weighted by molar-refractivity contribution is -0.369. The molecule has 1 aliphatic heterocycles. The van der Waals surface area contributed by atoms with Gasteiger partial charge in [0.15, 0.2) is 81.4 Å². The number of fused-ring (bicyclic) bond motifs is 1. The Morgan fingerprint density at radius 3 is 0.724 bits per heavy atom. The molecule has 9 rings (SSSR count). The third-order valence-electron chi connectivity index (χ3n) is 12.3. The first kappa shape index (κ1) is 54.6. The van der Waals surface area contributed by atoms with Gasteiger partial charge in [-0.2, -0.15) is 0 Å². The first-order valence-electron chi connectivity index (χ1n) is 20.7. The predicted octanol–water partition coefficient (Wildman–Crippen LogP) is 10.9. The van der Waals surface area contributed by atoms with Crippen LogP contribution in [0.15, 0.2) is 90.5 Å². The van der Waals surface area contributed by atoms with Crippen LogP contribution in [0.4, 0.5) is 105 Å². The van der Waals surface area contributed by atoms with Gasteiger partial charge in [-0.3, -0.25) is 0 Å². The van der Waals surface area contributed by atoms with E-state index in [0.29, 0.717) is 0 Å². The van der Waals surface area contributed by atoms with Crippen LogP contribution < -0.4 is 32.8 Å². The molecule has 0 amide bonds. The van der Waals surface area contributed by atoms with Crippen LogP contribution in [0, 0.1) is 157 Å². The summed E-state index contributed by atoms with van der Waals surface area (Å²) in [5.41, 5.74) is -28.9. The predicted molar refractivity (Wildman–Crippen MR) is 222 cm³/mol. The number of halogens is 25. The SMILES string of the molecule is C1=C[CH+]C(=C(c2ccccc2)c2ccccc2)C=C1.Fc1c(F)c(F)c([B-]2(c3c(F)c(F)c(F)c(F)c3F)[Cl+][B-](c3c(F)c(F)c(F)c(F)c3F)(c3c(F)c(F)c(F)c(F)c3F)c3c(F)c(F)c(F)c(F)c32)c(F)c1F. The molecule has 0 atom stereocenters. The van der Waals surface area contributed by atoms with Crippen molar-refractivity contribution in [1.82, 2.24) is 0 Å².